The number of carbonyl (C=O) groups is 1. The van der Waals surface area contributed by atoms with E-state index in [-0.39, 0.29) is 16.7 Å². The molecule has 2 aromatic rings. The Balaban J connectivity index is 2.11. The van der Waals surface area contributed by atoms with Crippen molar-refractivity contribution in [2.45, 2.75) is 65.2 Å². The molecule has 1 amide bonds. The van der Waals surface area contributed by atoms with Gasteiger partial charge < -0.3 is 5.11 Å². The number of rotatable bonds is 5. The van der Waals surface area contributed by atoms with Crippen molar-refractivity contribution in [1.29, 1.82) is 0 Å². The summed E-state index contributed by atoms with van der Waals surface area (Å²) in [6, 6.07) is 11.3. The minimum atomic E-state index is -0.193. The van der Waals surface area contributed by atoms with Gasteiger partial charge in [-0.1, -0.05) is 83.5 Å². The van der Waals surface area contributed by atoms with Crippen LogP contribution in [0.5, 0.6) is 5.75 Å². The first-order valence-corrected chi connectivity index (χ1v) is 10.2. The van der Waals surface area contributed by atoms with E-state index in [4.69, 9.17) is 11.6 Å². The van der Waals surface area contributed by atoms with Crippen molar-refractivity contribution in [3.63, 3.8) is 0 Å². The van der Waals surface area contributed by atoms with Gasteiger partial charge in [0.2, 0.25) is 5.91 Å². The Kier molecular flexibility index (Phi) is 7.12. The molecule has 2 aromatic carbocycles. The fourth-order valence-corrected chi connectivity index (χ4v) is 3.23. The van der Waals surface area contributed by atoms with Gasteiger partial charge in [0.15, 0.2) is 0 Å². The molecule has 0 aliphatic rings. The zero-order chi connectivity index (χ0) is 21.8. The summed E-state index contributed by atoms with van der Waals surface area (Å²) < 4.78 is 0. The standard InChI is InChI=1S/C24H31ClN2O2/c1-23(2,3)18-13-16(14-19(22(18)29)24(4,5)6)11-12-21(28)27-26-15-17-9-7-8-10-20(17)25/h7-10,13-15,29H,11-12H2,1-6H3,(H,27,28)/b26-15-. The number of hydrogen-bond acceptors (Lipinski definition) is 3. The summed E-state index contributed by atoms with van der Waals surface area (Å²) in [6.45, 7) is 12.5. The highest BCUT2D eigenvalue weighted by atomic mass is 35.5. The molecule has 0 spiro atoms. The van der Waals surface area contributed by atoms with Crippen LogP contribution < -0.4 is 5.43 Å². The zero-order valence-electron chi connectivity index (χ0n) is 18.1. The maximum Gasteiger partial charge on any atom is 0.240 e. The molecule has 0 bridgehead atoms. The Morgan fingerprint density at radius 3 is 2.14 bits per heavy atom. The lowest BCUT2D eigenvalue weighted by molar-refractivity contribution is -0.121. The molecule has 0 aliphatic carbocycles. The summed E-state index contributed by atoms with van der Waals surface area (Å²) in [5.41, 5.74) is 5.74. The number of hydrazone groups is 1. The molecule has 5 heteroatoms. The first-order valence-electron chi connectivity index (χ1n) is 9.83. The fourth-order valence-electron chi connectivity index (χ4n) is 3.05. The molecule has 156 valence electrons. The number of hydrogen-bond donors (Lipinski definition) is 2. The minimum Gasteiger partial charge on any atom is -0.507 e. The van der Waals surface area contributed by atoms with Crippen LogP contribution in [-0.4, -0.2) is 17.2 Å². The lowest BCUT2D eigenvalue weighted by Crippen LogP contribution is -2.20. The number of halogens is 1. The third-order valence-corrected chi connectivity index (χ3v) is 5.07. The molecule has 0 heterocycles. The van der Waals surface area contributed by atoms with Gasteiger partial charge in [-0.2, -0.15) is 5.10 Å². The van der Waals surface area contributed by atoms with Crippen LogP contribution in [0.3, 0.4) is 0 Å². The number of phenols is 1. The van der Waals surface area contributed by atoms with Gasteiger partial charge in [-0.15, -0.1) is 0 Å². The van der Waals surface area contributed by atoms with Crippen molar-refractivity contribution in [1.82, 2.24) is 5.43 Å². The van der Waals surface area contributed by atoms with Crippen LogP contribution in [0.1, 0.15) is 70.2 Å². The monoisotopic (exact) mass is 414 g/mol. The summed E-state index contributed by atoms with van der Waals surface area (Å²) in [7, 11) is 0. The van der Waals surface area contributed by atoms with Crippen molar-refractivity contribution in [2.24, 2.45) is 5.10 Å². The number of benzene rings is 2. The molecular formula is C24H31ClN2O2. The predicted octanol–water partition coefficient (Wildman–Crippen LogP) is 5.72. The van der Waals surface area contributed by atoms with Crippen molar-refractivity contribution in [3.8, 4) is 5.75 Å². The van der Waals surface area contributed by atoms with Gasteiger partial charge in [0.1, 0.15) is 5.75 Å². The highest BCUT2D eigenvalue weighted by molar-refractivity contribution is 6.33. The van der Waals surface area contributed by atoms with E-state index in [0.717, 1.165) is 22.3 Å². The average molecular weight is 415 g/mol. The van der Waals surface area contributed by atoms with E-state index in [0.29, 0.717) is 23.6 Å². The molecule has 0 saturated carbocycles. The van der Waals surface area contributed by atoms with Gasteiger partial charge in [0.25, 0.3) is 0 Å². The first kappa shape index (κ1) is 23.0. The molecule has 0 aliphatic heterocycles. The topological polar surface area (TPSA) is 61.7 Å². The van der Waals surface area contributed by atoms with Gasteiger partial charge in [0, 0.05) is 17.0 Å². The molecule has 0 fully saturated rings. The number of nitrogens with one attached hydrogen (secondary N) is 1. The fraction of sp³-hybridized carbons (Fsp3) is 0.417. The van der Waals surface area contributed by atoms with Gasteiger partial charge in [-0.05, 0) is 40.0 Å². The molecule has 29 heavy (non-hydrogen) atoms. The van der Waals surface area contributed by atoms with Gasteiger partial charge in [0.05, 0.1) is 6.21 Å². The van der Waals surface area contributed by atoms with Crippen LogP contribution >= 0.6 is 11.6 Å². The molecule has 0 unspecified atom stereocenters. The maximum absolute atomic E-state index is 12.2. The minimum absolute atomic E-state index is 0.170. The molecule has 2 N–H and O–H groups in total. The van der Waals surface area contributed by atoms with Crippen molar-refractivity contribution < 1.29 is 9.90 Å². The van der Waals surface area contributed by atoms with Crippen molar-refractivity contribution in [3.05, 3.63) is 63.7 Å². The summed E-state index contributed by atoms with van der Waals surface area (Å²) in [5.74, 6) is 0.179. The smallest absolute Gasteiger partial charge is 0.240 e. The van der Waals surface area contributed by atoms with Crippen molar-refractivity contribution >= 4 is 23.7 Å². The molecule has 0 aromatic heterocycles. The normalized spacial score (nSPS) is 12.4. The van der Waals surface area contributed by atoms with Crippen LogP contribution in [-0.2, 0) is 22.0 Å². The second-order valence-electron chi connectivity index (χ2n) is 9.35. The van der Waals surface area contributed by atoms with Crippen LogP contribution in [0, 0.1) is 0 Å². The number of nitrogens with zero attached hydrogens (tertiary/aromatic N) is 1. The van der Waals surface area contributed by atoms with E-state index in [2.05, 4.69) is 52.1 Å². The van der Waals surface area contributed by atoms with E-state index in [1.807, 2.05) is 30.3 Å². The van der Waals surface area contributed by atoms with Gasteiger partial charge in [-0.25, -0.2) is 5.43 Å². The lowest BCUT2D eigenvalue weighted by Gasteiger charge is -2.28. The number of carbonyl (C=O) groups excluding carboxylic acids is 1. The van der Waals surface area contributed by atoms with E-state index in [9.17, 15) is 9.90 Å². The molecular weight excluding hydrogens is 384 g/mol. The number of aryl methyl sites for hydroxylation is 1. The highest BCUT2D eigenvalue weighted by Crippen LogP contribution is 2.39. The Hall–Kier alpha value is -2.33. The van der Waals surface area contributed by atoms with Gasteiger partial charge >= 0.3 is 0 Å². The van der Waals surface area contributed by atoms with Gasteiger partial charge in [-0.3, -0.25) is 4.79 Å². The van der Waals surface area contributed by atoms with Crippen LogP contribution in [0.4, 0.5) is 0 Å². The van der Waals surface area contributed by atoms with Crippen LogP contribution in [0.15, 0.2) is 41.5 Å². The SMILES string of the molecule is CC(C)(C)c1cc(CCC(=O)N/N=C\c2ccccc2Cl)cc(C(C)(C)C)c1O. The number of phenolic OH excluding ortho intramolecular Hbond substituents is 1. The lowest BCUT2D eigenvalue weighted by atomic mass is 9.78. The second-order valence-corrected chi connectivity index (χ2v) is 9.76. The summed E-state index contributed by atoms with van der Waals surface area (Å²) in [5, 5.41) is 15.4. The Labute approximate surface area is 179 Å². The Bertz CT molecular complexity index is 871. The quantitative estimate of drug-likeness (QED) is 0.485. The zero-order valence-corrected chi connectivity index (χ0v) is 18.9. The number of aromatic hydroxyl groups is 1. The highest BCUT2D eigenvalue weighted by Gasteiger charge is 2.26. The number of amides is 1. The second kappa shape index (κ2) is 9.00. The third kappa shape index (κ3) is 6.33. The largest absolute Gasteiger partial charge is 0.507 e. The van der Waals surface area contributed by atoms with E-state index in [1.165, 1.54) is 6.21 Å². The molecule has 0 radical (unpaired) electrons. The van der Waals surface area contributed by atoms with E-state index >= 15 is 0 Å². The van der Waals surface area contributed by atoms with Crippen LogP contribution in [0.25, 0.3) is 0 Å². The summed E-state index contributed by atoms with van der Waals surface area (Å²) in [6.07, 6.45) is 2.41. The van der Waals surface area contributed by atoms with Crippen molar-refractivity contribution in [2.75, 3.05) is 0 Å². The molecule has 4 nitrogen and oxygen atoms in total. The average Bonchev–Trinajstić information content (AvgIpc) is 2.60. The summed E-state index contributed by atoms with van der Waals surface area (Å²) in [4.78, 5) is 12.2. The molecule has 2 rings (SSSR count). The third-order valence-electron chi connectivity index (χ3n) is 4.72. The summed E-state index contributed by atoms with van der Waals surface area (Å²) >= 11 is 6.07. The van der Waals surface area contributed by atoms with E-state index < -0.39 is 0 Å². The van der Waals surface area contributed by atoms with E-state index in [1.54, 1.807) is 6.07 Å². The predicted molar refractivity (Wildman–Crippen MR) is 121 cm³/mol. The Morgan fingerprint density at radius 2 is 1.62 bits per heavy atom. The molecule has 0 atom stereocenters. The maximum atomic E-state index is 12.2. The molecule has 0 saturated heterocycles. The van der Waals surface area contributed by atoms with Crippen LogP contribution in [0.2, 0.25) is 5.02 Å². The first-order chi connectivity index (χ1) is 13.4. The Morgan fingerprint density at radius 1 is 1.07 bits per heavy atom.